The van der Waals surface area contributed by atoms with Crippen molar-refractivity contribution >= 4 is 73.8 Å². The van der Waals surface area contributed by atoms with Gasteiger partial charge in [0.15, 0.2) is 0 Å². The molecule has 236 valence electrons. The molecule has 0 fully saturated rings. The standard InChI is InChI=1S/C50H32Si/c1-2-19-37(20-3-1)51-38-28-29-46-48(32-38)49(44-25-10-11-26-45(44)50(46)43-27-13-16-33-14-4-6-21-39(33)43)36-18-12-17-34(30-36)47-31-35-15-5-7-22-40(35)41-23-8-9-24-42(41)47/h1-32H. The van der Waals surface area contributed by atoms with Crippen LogP contribution in [0.5, 0.6) is 0 Å². The minimum absolute atomic E-state index is 0.573. The Bertz CT molecular complexity index is 2930. The van der Waals surface area contributed by atoms with Crippen LogP contribution >= 0.6 is 0 Å². The normalized spacial score (nSPS) is 11.6. The topological polar surface area (TPSA) is 0 Å². The van der Waals surface area contributed by atoms with Gasteiger partial charge in [0.05, 0.1) is 0 Å². The lowest BCUT2D eigenvalue weighted by Gasteiger charge is -2.20. The van der Waals surface area contributed by atoms with Crippen molar-refractivity contribution in [1.82, 2.24) is 0 Å². The molecule has 0 spiro atoms. The monoisotopic (exact) mass is 660 g/mol. The summed E-state index contributed by atoms with van der Waals surface area (Å²) in [5.74, 6) is 0. The summed E-state index contributed by atoms with van der Waals surface area (Å²) in [7, 11) is 0.573. The fraction of sp³-hybridized carbons (Fsp3) is 0. The number of hydrogen-bond donors (Lipinski definition) is 0. The maximum atomic E-state index is 2.47. The molecule has 2 radical (unpaired) electrons. The molecule has 10 rings (SSSR count). The van der Waals surface area contributed by atoms with Crippen LogP contribution in [0.15, 0.2) is 194 Å². The summed E-state index contributed by atoms with van der Waals surface area (Å²) in [6, 6.07) is 71.8. The Morgan fingerprint density at radius 2 is 0.843 bits per heavy atom. The molecule has 0 atom stereocenters. The Hall–Kier alpha value is -6.28. The van der Waals surface area contributed by atoms with Crippen LogP contribution in [-0.4, -0.2) is 9.52 Å². The molecule has 0 saturated heterocycles. The predicted molar refractivity (Wildman–Crippen MR) is 222 cm³/mol. The lowest BCUT2D eigenvalue weighted by molar-refractivity contribution is 1.64. The molecule has 0 aromatic heterocycles. The summed E-state index contributed by atoms with van der Waals surface area (Å²) < 4.78 is 0. The molecule has 0 aliphatic rings. The summed E-state index contributed by atoms with van der Waals surface area (Å²) in [6.07, 6.45) is 0. The average Bonchev–Trinajstić information content (AvgIpc) is 3.20. The van der Waals surface area contributed by atoms with Crippen molar-refractivity contribution in [2.45, 2.75) is 0 Å². The zero-order chi connectivity index (χ0) is 33.7. The second-order valence-corrected chi connectivity index (χ2v) is 14.8. The minimum Gasteiger partial charge on any atom is -0.0631 e. The highest BCUT2D eigenvalue weighted by Crippen LogP contribution is 2.46. The molecule has 0 saturated carbocycles. The lowest BCUT2D eigenvalue weighted by Crippen LogP contribution is -2.26. The van der Waals surface area contributed by atoms with Gasteiger partial charge in [-0.1, -0.05) is 192 Å². The van der Waals surface area contributed by atoms with E-state index in [4.69, 9.17) is 0 Å². The highest BCUT2D eigenvalue weighted by atomic mass is 28.2. The van der Waals surface area contributed by atoms with Crippen LogP contribution in [0.3, 0.4) is 0 Å². The van der Waals surface area contributed by atoms with E-state index in [9.17, 15) is 0 Å². The predicted octanol–water partition coefficient (Wildman–Crippen LogP) is 12.1. The van der Waals surface area contributed by atoms with Crippen LogP contribution in [0.4, 0.5) is 0 Å². The third-order valence-electron chi connectivity index (χ3n) is 10.4. The van der Waals surface area contributed by atoms with E-state index in [1.54, 1.807) is 0 Å². The van der Waals surface area contributed by atoms with Gasteiger partial charge in [-0.05, 0) is 99.4 Å². The van der Waals surface area contributed by atoms with E-state index >= 15 is 0 Å². The highest BCUT2D eigenvalue weighted by molar-refractivity contribution is 6.67. The van der Waals surface area contributed by atoms with Crippen molar-refractivity contribution in [1.29, 1.82) is 0 Å². The maximum absolute atomic E-state index is 2.47. The first-order valence-corrected chi connectivity index (χ1v) is 18.6. The van der Waals surface area contributed by atoms with Crippen LogP contribution in [0.2, 0.25) is 0 Å². The van der Waals surface area contributed by atoms with E-state index in [0.717, 1.165) is 0 Å². The van der Waals surface area contributed by atoms with Crippen molar-refractivity contribution in [3.63, 3.8) is 0 Å². The number of hydrogen-bond acceptors (Lipinski definition) is 0. The van der Waals surface area contributed by atoms with Gasteiger partial charge in [0.2, 0.25) is 0 Å². The Balaban J connectivity index is 1.28. The Kier molecular flexibility index (Phi) is 7.11. The van der Waals surface area contributed by atoms with Gasteiger partial charge in [0.1, 0.15) is 9.52 Å². The van der Waals surface area contributed by atoms with Gasteiger partial charge in [0.25, 0.3) is 0 Å². The average molecular weight is 661 g/mol. The van der Waals surface area contributed by atoms with Crippen molar-refractivity contribution in [2.75, 3.05) is 0 Å². The molecule has 0 heterocycles. The largest absolute Gasteiger partial charge is 0.121 e. The minimum atomic E-state index is 0.573. The SMILES string of the molecule is c1ccc([Si]c2ccc3c(-c4cccc5ccccc45)c4ccccc4c(-c4cccc(-c5cc6ccccc6c6ccccc56)c4)c3c2)cc1. The van der Waals surface area contributed by atoms with Crippen molar-refractivity contribution in [3.05, 3.63) is 194 Å². The Morgan fingerprint density at radius 1 is 0.255 bits per heavy atom. The van der Waals surface area contributed by atoms with Gasteiger partial charge in [0, 0.05) is 0 Å². The van der Waals surface area contributed by atoms with Crippen LogP contribution in [-0.2, 0) is 0 Å². The molecule has 51 heavy (non-hydrogen) atoms. The first kappa shape index (κ1) is 29.6. The molecule has 0 bridgehead atoms. The molecule has 0 aliphatic heterocycles. The van der Waals surface area contributed by atoms with E-state index < -0.39 is 0 Å². The summed E-state index contributed by atoms with van der Waals surface area (Å²) in [6.45, 7) is 0. The lowest BCUT2D eigenvalue weighted by atomic mass is 9.84. The summed E-state index contributed by atoms with van der Waals surface area (Å²) >= 11 is 0. The van der Waals surface area contributed by atoms with Crippen LogP contribution in [0.1, 0.15) is 0 Å². The Labute approximate surface area is 300 Å². The molecular weight excluding hydrogens is 629 g/mol. The quantitative estimate of drug-likeness (QED) is 0.0979. The van der Waals surface area contributed by atoms with Crippen LogP contribution < -0.4 is 10.4 Å². The van der Waals surface area contributed by atoms with Crippen molar-refractivity contribution < 1.29 is 0 Å². The van der Waals surface area contributed by atoms with Gasteiger partial charge < -0.3 is 0 Å². The van der Waals surface area contributed by atoms with E-state index in [-0.39, 0.29) is 0 Å². The number of fused-ring (bicyclic) bond motifs is 6. The van der Waals surface area contributed by atoms with Crippen LogP contribution in [0.25, 0.3) is 87.2 Å². The third kappa shape index (κ3) is 5.05. The molecule has 10 aromatic rings. The van der Waals surface area contributed by atoms with E-state index in [0.29, 0.717) is 9.52 Å². The molecule has 1 heteroatoms. The number of rotatable bonds is 5. The summed E-state index contributed by atoms with van der Waals surface area (Å²) in [5.41, 5.74) is 7.58. The van der Waals surface area contributed by atoms with Gasteiger partial charge in [-0.2, -0.15) is 0 Å². The molecule has 0 N–H and O–H groups in total. The fourth-order valence-corrected chi connectivity index (χ4v) is 9.20. The first-order chi connectivity index (χ1) is 25.3. The van der Waals surface area contributed by atoms with Gasteiger partial charge >= 0.3 is 0 Å². The zero-order valence-electron chi connectivity index (χ0n) is 28.0. The maximum Gasteiger partial charge on any atom is 0.121 e. The third-order valence-corrected chi connectivity index (χ3v) is 11.6. The van der Waals surface area contributed by atoms with E-state index in [1.165, 1.54) is 97.6 Å². The molecule has 0 aliphatic carbocycles. The van der Waals surface area contributed by atoms with Gasteiger partial charge in [-0.15, -0.1) is 0 Å². The Morgan fingerprint density at radius 3 is 1.67 bits per heavy atom. The fourth-order valence-electron chi connectivity index (χ4n) is 8.12. The number of benzene rings is 10. The van der Waals surface area contributed by atoms with E-state index in [1.807, 2.05) is 0 Å². The second kappa shape index (κ2) is 12.2. The van der Waals surface area contributed by atoms with Crippen LogP contribution in [0, 0.1) is 0 Å². The summed E-state index contributed by atoms with van der Waals surface area (Å²) in [4.78, 5) is 0. The molecular formula is C50H32Si. The van der Waals surface area contributed by atoms with Crippen molar-refractivity contribution in [2.24, 2.45) is 0 Å². The van der Waals surface area contributed by atoms with E-state index in [2.05, 4.69) is 194 Å². The van der Waals surface area contributed by atoms with Gasteiger partial charge in [-0.3, -0.25) is 0 Å². The first-order valence-electron chi connectivity index (χ1n) is 17.6. The zero-order valence-corrected chi connectivity index (χ0v) is 29.0. The second-order valence-electron chi connectivity index (χ2n) is 13.3. The molecule has 0 unspecified atom stereocenters. The van der Waals surface area contributed by atoms with Crippen molar-refractivity contribution in [3.8, 4) is 33.4 Å². The van der Waals surface area contributed by atoms with Gasteiger partial charge in [-0.25, -0.2) is 0 Å². The summed E-state index contributed by atoms with van der Waals surface area (Å²) in [5, 5.41) is 15.5. The smallest absolute Gasteiger partial charge is 0.0631 e. The molecule has 0 amide bonds. The molecule has 10 aromatic carbocycles. The molecule has 0 nitrogen and oxygen atoms in total. The highest BCUT2D eigenvalue weighted by Gasteiger charge is 2.19.